The van der Waals surface area contributed by atoms with Crippen LogP contribution in [0.1, 0.15) is 49.9 Å². The lowest BCUT2D eigenvalue weighted by molar-refractivity contribution is -0.384. The maximum absolute atomic E-state index is 13.0. The molecular weight excluding hydrogens is 480 g/mol. The molecule has 2 atom stereocenters. The molecule has 0 saturated heterocycles. The summed E-state index contributed by atoms with van der Waals surface area (Å²) in [6, 6.07) is 14.9. The van der Waals surface area contributed by atoms with Gasteiger partial charge in [0.25, 0.3) is 5.69 Å². The van der Waals surface area contributed by atoms with Crippen molar-refractivity contribution in [3.8, 4) is 0 Å². The molecule has 2 heterocycles. The average Bonchev–Trinajstić information content (AvgIpc) is 3.29. The lowest BCUT2D eigenvalue weighted by atomic mass is 9.92. The van der Waals surface area contributed by atoms with Crippen LogP contribution in [-0.4, -0.2) is 34.0 Å². The van der Waals surface area contributed by atoms with E-state index in [1.54, 1.807) is 12.1 Å². The highest BCUT2D eigenvalue weighted by molar-refractivity contribution is 8.16. The van der Waals surface area contributed by atoms with Gasteiger partial charge >= 0.3 is 5.97 Å². The number of fused-ring (bicyclic) bond motifs is 1. The van der Waals surface area contributed by atoms with Gasteiger partial charge in [-0.2, -0.15) is 0 Å². The van der Waals surface area contributed by atoms with E-state index in [1.807, 2.05) is 54.5 Å². The maximum Gasteiger partial charge on any atom is 0.338 e. The van der Waals surface area contributed by atoms with Crippen molar-refractivity contribution < 1.29 is 19.2 Å². The number of rotatable bonds is 8. The van der Waals surface area contributed by atoms with Crippen LogP contribution in [0, 0.1) is 10.1 Å². The monoisotopic (exact) mass is 506 g/mol. The van der Waals surface area contributed by atoms with Gasteiger partial charge in [0, 0.05) is 17.8 Å². The summed E-state index contributed by atoms with van der Waals surface area (Å²) < 4.78 is 5.10. The van der Waals surface area contributed by atoms with Crippen molar-refractivity contribution in [1.82, 2.24) is 10.2 Å². The molecule has 0 aromatic heterocycles. The van der Waals surface area contributed by atoms with E-state index in [1.165, 1.54) is 31.0 Å². The van der Waals surface area contributed by atoms with Crippen LogP contribution in [0.5, 0.6) is 0 Å². The number of esters is 1. The number of ether oxygens (including phenoxy) is 1. The molecule has 2 aromatic rings. The van der Waals surface area contributed by atoms with E-state index in [9.17, 15) is 19.7 Å². The number of carbonyl (C=O) groups excluding carboxylic acids is 2. The molecule has 0 spiro atoms. The third-order valence-electron chi connectivity index (χ3n) is 6.07. The molecule has 4 rings (SSSR count). The molecule has 0 fully saturated rings. The molecule has 2 aliphatic heterocycles. The zero-order valence-corrected chi connectivity index (χ0v) is 21.0. The Bertz CT molecular complexity index is 1270. The number of nitro groups is 1. The first-order valence-electron chi connectivity index (χ1n) is 11.5. The van der Waals surface area contributed by atoms with Crippen LogP contribution in [0.4, 0.5) is 5.69 Å². The van der Waals surface area contributed by atoms with Gasteiger partial charge in [0.15, 0.2) is 5.17 Å². The van der Waals surface area contributed by atoms with Gasteiger partial charge in [0.1, 0.15) is 0 Å². The number of hydrogen-bond donors (Lipinski definition) is 1. The molecule has 186 valence electrons. The van der Waals surface area contributed by atoms with Gasteiger partial charge in [0.2, 0.25) is 5.91 Å². The molecule has 1 amide bonds. The Morgan fingerprint density at radius 1 is 1.19 bits per heavy atom. The quantitative estimate of drug-likeness (QED) is 0.304. The van der Waals surface area contributed by atoms with Crippen LogP contribution >= 0.6 is 11.8 Å². The molecule has 10 heteroatoms. The smallest absolute Gasteiger partial charge is 0.338 e. The van der Waals surface area contributed by atoms with Crippen molar-refractivity contribution in [2.45, 2.75) is 38.8 Å². The lowest BCUT2D eigenvalue weighted by Crippen LogP contribution is -2.38. The van der Waals surface area contributed by atoms with Crippen LogP contribution in [0.15, 0.2) is 82.0 Å². The Morgan fingerprint density at radius 2 is 1.89 bits per heavy atom. The normalized spacial score (nSPS) is 17.6. The second-order valence-corrected chi connectivity index (χ2v) is 9.16. The zero-order chi connectivity index (χ0) is 25.8. The number of benzene rings is 2. The first kappa shape index (κ1) is 25.2. The number of amides is 1. The molecule has 2 unspecified atom stereocenters. The molecule has 36 heavy (non-hydrogen) atoms. The molecule has 0 aliphatic carbocycles. The summed E-state index contributed by atoms with van der Waals surface area (Å²) >= 11 is 1.38. The van der Waals surface area contributed by atoms with E-state index in [2.05, 4.69) is 5.32 Å². The Balaban J connectivity index is 1.66. The fourth-order valence-electron chi connectivity index (χ4n) is 4.29. The molecule has 2 aromatic carbocycles. The topological polar surface area (TPSA) is 114 Å². The number of nitro benzene ring substituents is 1. The summed E-state index contributed by atoms with van der Waals surface area (Å²) in [6.07, 6.45) is 0.568. The fourth-order valence-corrected chi connectivity index (χ4v) is 5.23. The average molecular weight is 507 g/mol. The van der Waals surface area contributed by atoms with Gasteiger partial charge in [-0.25, -0.2) is 9.79 Å². The maximum atomic E-state index is 13.0. The summed E-state index contributed by atoms with van der Waals surface area (Å²) in [5.74, 6) is -0.705. The van der Waals surface area contributed by atoms with E-state index in [0.717, 1.165) is 5.56 Å². The Labute approximate surface area is 213 Å². The molecular formula is C26H26N4O5S. The van der Waals surface area contributed by atoms with Crippen LogP contribution in [0.25, 0.3) is 0 Å². The minimum absolute atomic E-state index is 0.0522. The van der Waals surface area contributed by atoms with Gasteiger partial charge in [-0.15, -0.1) is 0 Å². The first-order valence-corrected chi connectivity index (χ1v) is 12.4. The molecule has 0 saturated carbocycles. The molecule has 0 radical (unpaired) electrons. The number of non-ortho nitro benzene ring substituents is 1. The number of methoxy groups -OCH3 is 1. The number of carbonyl (C=O) groups is 2. The van der Waals surface area contributed by atoms with Crippen LogP contribution in [0.2, 0.25) is 0 Å². The summed E-state index contributed by atoms with van der Waals surface area (Å²) in [6.45, 7) is 3.82. The lowest BCUT2D eigenvalue weighted by Gasteiger charge is -2.36. The SMILES string of the molecule is CCC1=C(C(=O)OC)C(c2ccc([N+](=O)[O-])cc2)N2C(CC(=O)NC(C)c3ccccc3)=CSC2=N1. The van der Waals surface area contributed by atoms with E-state index in [0.29, 0.717) is 34.1 Å². The Hall–Kier alpha value is -3.92. The highest BCUT2D eigenvalue weighted by atomic mass is 32.2. The van der Waals surface area contributed by atoms with Crippen molar-refractivity contribution >= 4 is 34.5 Å². The number of allylic oxidation sites excluding steroid dienone is 1. The largest absolute Gasteiger partial charge is 0.466 e. The van der Waals surface area contributed by atoms with Gasteiger partial charge in [-0.1, -0.05) is 49.0 Å². The number of hydrogen-bond acceptors (Lipinski definition) is 8. The van der Waals surface area contributed by atoms with Gasteiger partial charge in [0.05, 0.1) is 41.8 Å². The van der Waals surface area contributed by atoms with Crippen LogP contribution in [-0.2, 0) is 14.3 Å². The predicted molar refractivity (Wildman–Crippen MR) is 138 cm³/mol. The van der Waals surface area contributed by atoms with Gasteiger partial charge in [-0.05, 0) is 42.0 Å². The van der Waals surface area contributed by atoms with E-state index >= 15 is 0 Å². The standard InChI is InChI=1S/C26H26N4O5S/c1-4-21-23(25(32)35-3)24(18-10-12-19(13-11-18)30(33)34)29-20(15-36-26(29)28-21)14-22(31)27-16(2)17-8-6-5-7-9-17/h5-13,15-16,24H,4,14H2,1-3H3,(H,27,31). The molecule has 1 N–H and O–H groups in total. The van der Waals surface area contributed by atoms with Crippen LogP contribution in [0.3, 0.4) is 0 Å². The van der Waals surface area contributed by atoms with Crippen molar-refractivity contribution in [2.24, 2.45) is 4.99 Å². The minimum Gasteiger partial charge on any atom is -0.466 e. The van der Waals surface area contributed by atoms with E-state index in [-0.39, 0.29) is 24.1 Å². The molecule has 0 bridgehead atoms. The Kier molecular flexibility index (Phi) is 7.54. The summed E-state index contributed by atoms with van der Waals surface area (Å²) in [4.78, 5) is 43.2. The number of nitrogens with one attached hydrogen (secondary N) is 1. The van der Waals surface area contributed by atoms with Gasteiger partial charge in [-0.3, -0.25) is 14.9 Å². The number of thioether (sulfide) groups is 1. The zero-order valence-electron chi connectivity index (χ0n) is 20.1. The van der Waals surface area contributed by atoms with Crippen molar-refractivity contribution in [3.05, 3.63) is 98.2 Å². The third-order valence-corrected chi connectivity index (χ3v) is 6.96. The van der Waals surface area contributed by atoms with Crippen molar-refractivity contribution in [1.29, 1.82) is 0 Å². The molecule has 9 nitrogen and oxygen atoms in total. The van der Waals surface area contributed by atoms with Crippen LogP contribution < -0.4 is 5.32 Å². The molecule has 2 aliphatic rings. The second kappa shape index (κ2) is 10.8. The highest BCUT2D eigenvalue weighted by Crippen LogP contribution is 2.45. The number of aliphatic imine (C=N–C) groups is 1. The summed E-state index contributed by atoms with van der Waals surface area (Å²) in [5.41, 5.74) is 3.21. The Morgan fingerprint density at radius 3 is 2.50 bits per heavy atom. The van der Waals surface area contributed by atoms with E-state index in [4.69, 9.17) is 9.73 Å². The number of nitrogens with zero attached hydrogens (tertiary/aromatic N) is 3. The summed E-state index contributed by atoms with van der Waals surface area (Å²) in [5, 5.41) is 16.7. The summed E-state index contributed by atoms with van der Waals surface area (Å²) in [7, 11) is 1.31. The predicted octanol–water partition coefficient (Wildman–Crippen LogP) is 5.00. The highest BCUT2D eigenvalue weighted by Gasteiger charge is 2.41. The van der Waals surface area contributed by atoms with Crippen molar-refractivity contribution in [3.63, 3.8) is 0 Å². The third kappa shape index (κ3) is 5.03. The van der Waals surface area contributed by atoms with Gasteiger partial charge < -0.3 is 15.0 Å². The van der Waals surface area contributed by atoms with Crippen molar-refractivity contribution in [2.75, 3.05) is 7.11 Å². The second-order valence-electron chi connectivity index (χ2n) is 8.32. The van der Waals surface area contributed by atoms with E-state index < -0.39 is 16.9 Å². The number of amidine groups is 1. The first-order chi connectivity index (χ1) is 17.3. The minimum atomic E-state index is -0.638. The fraction of sp³-hybridized carbons (Fsp3) is 0.269.